The first-order chi connectivity index (χ1) is 17.1. The van der Waals surface area contributed by atoms with Gasteiger partial charge in [-0.1, -0.05) is 24.3 Å². The summed E-state index contributed by atoms with van der Waals surface area (Å²) in [6.45, 7) is 6.05. The number of thiocarbonyl (C=S) groups is 1. The van der Waals surface area contributed by atoms with Gasteiger partial charge in [-0.2, -0.15) is 0 Å². The molecule has 0 spiro atoms. The molecule has 1 aliphatic heterocycles. The summed E-state index contributed by atoms with van der Waals surface area (Å²) in [7, 11) is 0. The highest BCUT2D eigenvalue weighted by molar-refractivity contribution is 7.80. The Morgan fingerprint density at radius 3 is 2.57 bits per heavy atom. The molecular weight excluding hydrogens is 452 g/mol. The third-order valence-electron chi connectivity index (χ3n) is 6.57. The average Bonchev–Trinajstić information content (AvgIpc) is 3.38. The predicted octanol–water partition coefficient (Wildman–Crippen LogP) is 5.36. The van der Waals surface area contributed by atoms with Gasteiger partial charge >= 0.3 is 0 Å². The molecule has 35 heavy (non-hydrogen) atoms. The van der Waals surface area contributed by atoms with E-state index in [0.29, 0.717) is 0 Å². The van der Waals surface area contributed by atoms with E-state index in [0.717, 1.165) is 41.7 Å². The van der Waals surface area contributed by atoms with Gasteiger partial charge in [-0.3, -0.25) is 9.97 Å². The molecule has 178 valence electrons. The zero-order chi connectivity index (χ0) is 24.2. The van der Waals surface area contributed by atoms with E-state index in [1.807, 2.05) is 48.8 Å². The Hall–Kier alpha value is -3.71. The fraction of sp³-hybridized carbons (Fsp3) is 0.250. The Labute approximate surface area is 212 Å². The van der Waals surface area contributed by atoms with E-state index < -0.39 is 0 Å². The van der Waals surface area contributed by atoms with Crippen LogP contribution in [-0.2, 0) is 0 Å². The van der Waals surface area contributed by atoms with Crippen LogP contribution in [0.15, 0.2) is 85.3 Å². The fourth-order valence-corrected chi connectivity index (χ4v) is 5.33. The van der Waals surface area contributed by atoms with Crippen LogP contribution in [0.5, 0.6) is 0 Å². The highest BCUT2D eigenvalue weighted by atomic mass is 32.1. The quantitative estimate of drug-likeness (QED) is 0.261. The van der Waals surface area contributed by atoms with E-state index in [1.54, 1.807) is 6.20 Å². The molecule has 0 saturated carbocycles. The summed E-state index contributed by atoms with van der Waals surface area (Å²) in [5.74, 6) is 0. The van der Waals surface area contributed by atoms with Gasteiger partial charge in [0, 0.05) is 42.6 Å². The van der Waals surface area contributed by atoms with Crippen LogP contribution in [0.4, 0.5) is 5.69 Å². The van der Waals surface area contributed by atoms with Crippen LogP contribution in [0.25, 0.3) is 5.69 Å². The Bertz CT molecular complexity index is 1270. The van der Waals surface area contributed by atoms with Gasteiger partial charge in [0.05, 0.1) is 29.7 Å². The summed E-state index contributed by atoms with van der Waals surface area (Å²) < 4.78 is 2.27. The minimum Gasteiger partial charge on any atom is -0.385 e. The van der Waals surface area contributed by atoms with Crippen molar-refractivity contribution in [2.75, 3.05) is 18.4 Å². The number of benzene rings is 1. The molecule has 6 nitrogen and oxygen atoms in total. The van der Waals surface area contributed by atoms with Gasteiger partial charge in [0.25, 0.3) is 0 Å². The van der Waals surface area contributed by atoms with Crippen molar-refractivity contribution in [3.8, 4) is 5.69 Å². The minimum atomic E-state index is -0.0198. The lowest BCUT2D eigenvalue weighted by atomic mass is 9.96. The third-order valence-corrected chi connectivity index (χ3v) is 6.92. The van der Waals surface area contributed by atoms with Crippen molar-refractivity contribution >= 4 is 23.0 Å². The molecule has 2 atom stereocenters. The van der Waals surface area contributed by atoms with E-state index in [1.165, 1.54) is 17.0 Å². The Morgan fingerprint density at radius 2 is 1.83 bits per heavy atom. The van der Waals surface area contributed by atoms with Crippen molar-refractivity contribution < 1.29 is 0 Å². The number of aryl methyl sites for hydroxylation is 1. The molecule has 1 fully saturated rings. The van der Waals surface area contributed by atoms with Crippen LogP contribution in [0.1, 0.15) is 41.1 Å². The predicted molar refractivity (Wildman–Crippen MR) is 145 cm³/mol. The summed E-state index contributed by atoms with van der Waals surface area (Å²) in [4.78, 5) is 11.3. The zero-order valence-electron chi connectivity index (χ0n) is 20.1. The molecular formula is C28H30N6S. The molecule has 0 unspecified atom stereocenters. The number of pyridine rings is 2. The molecule has 1 saturated heterocycles. The third kappa shape index (κ3) is 4.77. The Morgan fingerprint density at radius 1 is 1.00 bits per heavy atom. The fourth-order valence-electron chi connectivity index (χ4n) is 4.99. The van der Waals surface area contributed by atoms with E-state index in [-0.39, 0.29) is 12.1 Å². The monoisotopic (exact) mass is 482 g/mol. The summed E-state index contributed by atoms with van der Waals surface area (Å²) in [5, 5.41) is 7.86. The second-order valence-electron chi connectivity index (χ2n) is 8.84. The summed E-state index contributed by atoms with van der Waals surface area (Å²) in [6.07, 6.45) is 6.52. The van der Waals surface area contributed by atoms with Crippen molar-refractivity contribution in [1.82, 2.24) is 24.8 Å². The number of nitrogens with one attached hydrogen (secondary N) is 2. The molecule has 3 aromatic heterocycles. The lowest BCUT2D eigenvalue weighted by Gasteiger charge is -2.28. The number of anilines is 1. The van der Waals surface area contributed by atoms with Gasteiger partial charge in [0.2, 0.25) is 0 Å². The van der Waals surface area contributed by atoms with Crippen LogP contribution in [-0.4, -0.2) is 37.6 Å². The van der Waals surface area contributed by atoms with Gasteiger partial charge in [0.1, 0.15) is 0 Å². The van der Waals surface area contributed by atoms with E-state index in [9.17, 15) is 0 Å². The van der Waals surface area contributed by atoms with Gasteiger partial charge in [-0.05, 0) is 80.5 Å². The average molecular weight is 483 g/mol. The van der Waals surface area contributed by atoms with Crippen LogP contribution in [0, 0.1) is 13.8 Å². The lowest BCUT2D eigenvalue weighted by Crippen LogP contribution is -2.31. The first-order valence-electron chi connectivity index (χ1n) is 12.0. The Balaban J connectivity index is 1.45. The molecule has 0 amide bonds. The van der Waals surface area contributed by atoms with Crippen molar-refractivity contribution in [2.24, 2.45) is 0 Å². The van der Waals surface area contributed by atoms with Gasteiger partial charge in [-0.15, -0.1) is 0 Å². The van der Waals surface area contributed by atoms with Crippen LogP contribution in [0.3, 0.4) is 0 Å². The number of nitrogens with zero attached hydrogens (tertiary/aromatic N) is 4. The molecule has 4 aromatic rings. The largest absolute Gasteiger partial charge is 0.385 e. The van der Waals surface area contributed by atoms with Crippen molar-refractivity contribution in [2.45, 2.75) is 32.4 Å². The number of aromatic nitrogens is 3. The number of rotatable bonds is 8. The molecule has 0 bridgehead atoms. The molecule has 1 aromatic carbocycles. The topological polar surface area (TPSA) is 58.0 Å². The van der Waals surface area contributed by atoms with E-state index >= 15 is 0 Å². The van der Waals surface area contributed by atoms with Gasteiger partial charge in [0.15, 0.2) is 5.11 Å². The highest BCUT2D eigenvalue weighted by Gasteiger charge is 2.41. The minimum absolute atomic E-state index is 0.0198. The van der Waals surface area contributed by atoms with Crippen LogP contribution < -0.4 is 10.6 Å². The summed E-state index contributed by atoms with van der Waals surface area (Å²) in [5.41, 5.74) is 6.82. The lowest BCUT2D eigenvalue weighted by molar-refractivity contribution is 0.315. The second-order valence-corrected chi connectivity index (χ2v) is 9.23. The molecule has 5 rings (SSSR count). The first-order valence-corrected chi connectivity index (χ1v) is 12.4. The molecule has 0 aliphatic carbocycles. The molecule has 4 heterocycles. The zero-order valence-corrected chi connectivity index (χ0v) is 20.9. The number of para-hydroxylation sites is 1. The molecule has 2 N–H and O–H groups in total. The number of hydrogen-bond acceptors (Lipinski definition) is 4. The van der Waals surface area contributed by atoms with Crippen molar-refractivity contribution in [3.63, 3.8) is 0 Å². The molecule has 7 heteroatoms. The second kappa shape index (κ2) is 10.3. The number of hydrogen-bond donors (Lipinski definition) is 2. The maximum Gasteiger partial charge on any atom is 0.170 e. The Kier molecular flexibility index (Phi) is 6.77. The summed E-state index contributed by atoms with van der Waals surface area (Å²) >= 11 is 5.86. The molecule has 1 aliphatic rings. The SMILES string of the molecule is Cc1cc([C@H]2[C@H](c3ccccn3)NC(=S)N2CCCNc2ccccc2)c(C)n1-c1cccnc1. The van der Waals surface area contributed by atoms with Gasteiger partial charge < -0.3 is 20.1 Å². The highest BCUT2D eigenvalue weighted by Crippen LogP contribution is 2.41. The van der Waals surface area contributed by atoms with Crippen LogP contribution in [0.2, 0.25) is 0 Å². The van der Waals surface area contributed by atoms with Crippen molar-refractivity contribution in [1.29, 1.82) is 0 Å². The summed E-state index contributed by atoms with van der Waals surface area (Å²) in [6, 6.07) is 22.8. The molecule has 0 radical (unpaired) electrons. The maximum absolute atomic E-state index is 5.86. The van der Waals surface area contributed by atoms with Crippen LogP contribution >= 0.6 is 12.2 Å². The standard InChI is InChI=1S/C28H30N6S/c1-20-18-24(21(2)34(20)23-12-8-14-29-19-23)27-26(25-13-6-7-15-31-25)32-28(35)33(27)17-9-16-30-22-10-4-3-5-11-22/h3-8,10-15,18-19,26-27,30H,9,16-17H2,1-2H3,(H,32,35)/t26-,27-/m0/s1. The van der Waals surface area contributed by atoms with E-state index in [2.05, 4.69) is 74.2 Å². The normalized spacial score (nSPS) is 17.4. The van der Waals surface area contributed by atoms with Gasteiger partial charge in [-0.25, -0.2) is 0 Å². The van der Waals surface area contributed by atoms with Crippen molar-refractivity contribution in [3.05, 3.63) is 108 Å². The smallest absolute Gasteiger partial charge is 0.170 e. The first kappa shape index (κ1) is 23.1. The van der Waals surface area contributed by atoms with E-state index in [4.69, 9.17) is 12.2 Å². The maximum atomic E-state index is 5.86.